The molecule has 0 aromatic heterocycles. The average Bonchev–Trinajstić information content (AvgIpc) is 2.62. The largest absolute Gasteiger partial charge is 0.357 e. The number of carbonyl (C=O) groups excluding carboxylic acids is 1. The molecule has 2 unspecified atom stereocenters. The molecule has 2 fully saturated rings. The first-order chi connectivity index (χ1) is 12.6. The summed E-state index contributed by atoms with van der Waals surface area (Å²) in [6.07, 6.45) is 6.78. The van der Waals surface area contributed by atoms with Crippen LogP contribution in [0.5, 0.6) is 0 Å². The molecular weight excluding hydrogens is 326 g/mol. The molecule has 1 amide bonds. The second kappa shape index (κ2) is 11.4. The standard InChI is InChI=1S/C20H39N5O/c1-4-21-20(22-9-8-19-7-5-6-17(2)16-19)23-10-11-24-12-14-25(15-13-24)18(3)26/h17,19H,4-16H2,1-3H3,(H2,21,22,23). The fourth-order valence-corrected chi connectivity index (χ4v) is 4.14. The van der Waals surface area contributed by atoms with Gasteiger partial charge in [0.2, 0.25) is 5.91 Å². The molecule has 150 valence electrons. The van der Waals surface area contributed by atoms with Gasteiger partial charge in [0.05, 0.1) is 0 Å². The number of amides is 1. The third kappa shape index (κ3) is 7.52. The zero-order chi connectivity index (χ0) is 18.8. The molecule has 2 rings (SSSR count). The second-order valence-corrected chi connectivity index (χ2v) is 7.96. The zero-order valence-electron chi connectivity index (χ0n) is 17.1. The highest BCUT2D eigenvalue weighted by Crippen LogP contribution is 2.30. The van der Waals surface area contributed by atoms with Crippen molar-refractivity contribution < 1.29 is 4.79 Å². The summed E-state index contributed by atoms with van der Waals surface area (Å²) in [6.45, 7) is 13.5. The van der Waals surface area contributed by atoms with Crippen LogP contribution >= 0.6 is 0 Å². The lowest BCUT2D eigenvalue weighted by Crippen LogP contribution is -2.50. The minimum atomic E-state index is 0.191. The van der Waals surface area contributed by atoms with E-state index in [1.54, 1.807) is 6.92 Å². The number of aliphatic imine (C=N–C) groups is 1. The molecule has 1 saturated carbocycles. The molecule has 2 aliphatic rings. The van der Waals surface area contributed by atoms with Gasteiger partial charge in [0.15, 0.2) is 5.96 Å². The van der Waals surface area contributed by atoms with Crippen LogP contribution in [0.1, 0.15) is 52.9 Å². The van der Waals surface area contributed by atoms with Crippen molar-refractivity contribution in [3.8, 4) is 0 Å². The van der Waals surface area contributed by atoms with Crippen molar-refractivity contribution in [1.82, 2.24) is 20.4 Å². The van der Waals surface area contributed by atoms with E-state index in [0.717, 1.165) is 70.2 Å². The number of carbonyl (C=O) groups is 1. The molecular formula is C20H39N5O. The highest BCUT2D eigenvalue weighted by atomic mass is 16.2. The van der Waals surface area contributed by atoms with Gasteiger partial charge in [-0.05, 0) is 31.6 Å². The smallest absolute Gasteiger partial charge is 0.219 e. The average molecular weight is 366 g/mol. The highest BCUT2D eigenvalue weighted by Gasteiger charge is 2.19. The maximum Gasteiger partial charge on any atom is 0.219 e. The third-order valence-electron chi connectivity index (χ3n) is 5.73. The van der Waals surface area contributed by atoms with E-state index in [4.69, 9.17) is 4.99 Å². The van der Waals surface area contributed by atoms with E-state index in [1.807, 2.05) is 4.90 Å². The van der Waals surface area contributed by atoms with Crippen LogP contribution in [0.15, 0.2) is 4.99 Å². The van der Waals surface area contributed by atoms with Crippen molar-refractivity contribution in [3.05, 3.63) is 0 Å². The maximum absolute atomic E-state index is 11.4. The third-order valence-corrected chi connectivity index (χ3v) is 5.73. The number of hydrogen-bond donors (Lipinski definition) is 2. The van der Waals surface area contributed by atoms with Crippen LogP contribution in [0.3, 0.4) is 0 Å². The van der Waals surface area contributed by atoms with Gasteiger partial charge in [0.25, 0.3) is 0 Å². The van der Waals surface area contributed by atoms with Gasteiger partial charge in [-0.3, -0.25) is 14.7 Å². The van der Waals surface area contributed by atoms with Crippen LogP contribution in [0.25, 0.3) is 0 Å². The Morgan fingerprint density at radius 1 is 1.15 bits per heavy atom. The molecule has 26 heavy (non-hydrogen) atoms. The van der Waals surface area contributed by atoms with Crippen LogP contribution < -0.4 is 10.6 Å². The first-order valence-electron chi connectivity index (χ1n) is 10.6. The van der Waals surface area contributed by atoms with Gasteiger partial charge in [-0.25, -0.2) is 0 Å². The van der Waals surface area contributed by atoms with E-state index in [9.17, 15) is 4.79 Å². The molecule has 0 aromatic carbocycles. The van der Waals surface area contributed by atoms with E-state index in [1.165, 1.54) is 32.1 Å². The zero-order valence-corrected chi connectivity index (χ0v) is 17.1. The summed E-state index contributed by atoms with van der Waals surface area (Å²) in [4.78, 5) is 20.5. The van der Waals surface area contributed by atoms with Gasteiger partial charge >= 0.3 is 0 Å². The fourth-order valence-electron chi connectivity index (χ4n) is 4.14. The van der Waals surface area contributed by atoms with Gasteiger partial charge < -0.3 is 15.5 Å². The minimum Gasteiger partial charge on any atom is -0.357 e. The minimum absolute atomic E-state index is 0.191. The summed E-state index contributed by atoms with van der Waals surface area (Å²) in [5, 5.41) is 6.82. The first kappa shape index (κ1) is 21.0. The summed E-state index contributed by atoms with van der Waals surface area (Å²) < 4.78 is 0. The molecule has 1 saturated heterocycles. The van der Waals surface area contributed by atoms with Crippen LogP contribution in [-0.4, -0.2) is 74.0 Å². The molecule has 0 spiro atoms. The number of rotatable bonds is 7. The summed E-state index contributed by atoms with van der Waals surface area (Å²) in [7, 11) is 0. The summed E-state index contributed by atoms with van der Waals surface area (Å²) in [5.74, 6) is 2.89. The Balaban J connectivity index is 1.64. The van der Waals surface area contributed by atoms with Gasteiger partial charge in [-0.1, -0.05) is 26.2 Å². The Hall–Kier alpha value is -1.30. The van der Waals surface area contributed by atoms with Gasteiger partial charge in [-0.15, -0.1) is 0 Å². The van der Waals surface area contributed by atoms with E-state index in [0.29, 0.717) is 0 Å². The van der Waals surface area contributed by atoms with Crippen molar-refractivity contribution >= 4 is 11.9 Å². The summed E-state index contributed by atoms with van der Waals surface area (Å²) >= 11 is 0. The number of guanidine groups is 1. The van der Waals surface area contributed by atoms with Crippen LogP contribution in [-0.2, 0) is 4.79 Å². The Bertz CT molecular complexity index is 445. The number of nitrogens with one attached hydrogen (secondary N) is 2. The first-order valence-corrected chi connectivity index (χ1v) is 10.6. The molecule has 6 nitrogen and oxygen atoms in total. The van der Waals surface area contributed by atoms with Gasteiger partial charge in [0.1, 0.15) is 0 Å². The molecule has 0 aromatic rings. The lowest BCUT2D eigenvalue weighted by atomic mass is 9.81. The predicted molar refractivity (Wildman–Crippen MR) is 108 cm³/mol. The van der Waals surface area contributed by atoms with Crippen LogP contribution in [0.2, 0.25) is 0 Å². The van der Waals surface area contributed by atoms with E-state index in [-0.39, 0.29) is 5.91 Å². The molecule has 6 heteroatoms. The van der Waals surface area contributed by atoms with Crippen LogP contribution in [0, 0.1) is 11.8 Å². The van der Waals surface area contributed by atoms with E-state index < -0.39 is 0 Å². The molecule has 1 heterocycles. The molecule has 2 atom stereocenters. The summed E-state index contributed by atoms with van der Waals surface area (Å²) in [5.41, 5.74) is 0. The molecule has 0 radical (unpaired) electrons. The number of hydrogen-bond acceptors (Lipinski definition) is 3. The monoisotopic (exact) mass is 365 g/mol. The van der Waals surface area contributed by atoms with E-state index >= 15 is 0 Å². The number of piperazine rings is 1. The Kier molecular flexibility index (Phi) is 9.23. The second-order valence-electron chi connectivity index (χ2n) is 7.96. The van der Waals surface area contributed by atoms with Crippen molar-refractivity contribution in [1.29, 1.82) is 0 Å². The summed E-state index contributed by atoms with van der Waals surface area (Å²) in [6, 6.07) is 0. The molecule has 1 aliphatic heterocycles. The van der Waals surface area contributed by atoms with Crippen molar-refractivity contribution in [2.75, 3.05) is 52.4 Å². The van der Waals surface area contributed by atoms with Crippen molar-refractivity contribution in [3.63, 3.8) is 0 Å². The molecule has 2 N–H and O–H groups in total. The fraction of sp³-hybridized carbons (Fsp3) is 0.900. The normalized spacial score (nSPS) is 25.2. The molecule has 1 aliphatic carbocycles. The van der Waals surface area contributed by atoms with Gasteiger partial charge in [0, 0.05) is 59.3 Å². The van der Waals surface area contributed by atoms with Crippen LogP contribution in [0.4, 0.5) is 0 Å². The van der Waals surface area contributed by atoms with Gasteiger partial charge in [-0.2, -0.15) is 0 Å². The Morgan fingerprint density at radius 3 is 2.58 bits per heavy atom. The lowest BCUT2D eigenvalue weighted by molar-refractivity contribution is -0.130. The van der Waals surface area contributed by atoms with Crippen molar-refractivity contribution in [2.24, 2.45) is 16.8 Å². The molecule has 0 bridgehead atoms. The topological polar surface area (TPSA) is 60.0 Å². The predicted octanol–water partition coefficient (Wildman–Crippen LogP) is 1.92. The van der Waals surface area contributed by atoms with Crippen molar-refractivity contribution in [2.45, 2.75) is 52.9 Å². The maximum atomic E-state index is 11.4. The van der Waals surface area contributed by atoms with E-state index in [2.05, 4.69) is 29.4 Å². The SMILES string of the molecule is CCNC(=NCCC1CCCC(C)C1)NCCN1CCN(C(C)=O)CC1. The Morgan fingerprint density at radius 2 is 1.92 bits per heavy atom. The quantitative estimate of drug-likeness (QED) is 0.535. The Labute approximate surface area is 159 Å². The highest BCUT2D eigenvalue weighted by molar-refractivity contribution is 5.79. The number of nitrogens with zero attached hydrogens (tertiary/aromatic N) is 3. The lowest BCUT2D eigenvalue weighted by Gasteiger charge is -2.34.